The van der Waals surface area contributed by atoms with Gasteiger partial charge in [-0.15, -0.1) is 0 Å². The second kappa shape index (κ2) is 10.6. The molecule has 1 heterocycles. The number of hydrogen-bond acceptors (Lipinski definition) is 3. The van der Waals surface area contributed by atoms with E-state index in [2.05, 4.69) is 20.6 Å². The van der Waals surface area contributed by atoms with Crippen molar-refractivity contribution in [1.82, 2.24) is 15.6 Å². The smallest absolute Gasteiger partial charge is 0.190 e. The number of aryl methyl sites for hydroxylation is 1. The Labute approximate surface area is 154 Å². The lowest BCUT2D eigenvalue weighted by molar-refractivity contribution is 0.309. The van der Waals surface area contributed by atoms with Crippen LogP contribution in [0.3, 0.4) is 0 Å². The largest absolute Gasteiger partial charge is 0.493 e. The van der Waals surface area contributed by atoms with Gasteiger partial charge < -0.3 is 15.4 Å². The Morgan fingerprint density at radius 1 is 1.20 bits per heavy atom. The first kappa shape index (κ1) is 19.1. The molecule has 2 N–H and O–H groups in total. The van der Waals surface area contributed by atoms with Crippen molar-refractivity contribution < 1.29 is 4.74 Å². The number of aromatic nitrogens is 1. The quantitative estimate of drug-likeness (QED) is 0.431. The Balaban J connectivity index is 1.61. The molecule has 0 saturated carbocycles. The van der Waals surface area contributed by atoms with Crippen molar-refractivity contribution in [2.24, 2.45) is 4.99 Å². The second-order valence-electron chi connectivity index (χ2n) is 5.61. The number of benzene rings is 1. The van der Waals surface area contributed by atoms with Crippen molar-refractivity contribution in [2.75, 3.05) is 26.7 Å². The summed E-state index contributed by atoms with van der Waals surface area (Å²) in [6.45, 7) is 4.21. The number of nitrogens with zero attached hydrogens (tertiary/aromatic N) is 2. The number of halogens is 1. The molecule has 25 heavy (non-hydrogen) atoms. The maximum absolute atomic E-state index is 5.94. The fourth-order valence-corrected chi connectivity index (χ4v) is 2.54. The van der Waals surface area contributed by atoms with Gasteiger partial charge in [0.05, 0.1) is 6.61 Å². The zero-order valence-corrected chi connectivity index (χ0v) is 15.5. The molecule has 0 atom stereocenters. The normalized spacial score (nSPS) is 11.2. The molecule has 0 fully saturated rings. The zero-order chi connectivity index (χ0) is 17.9. The third-order valence-corrected chi connectivity index (χ3v) is 3.87. The van der Waals surface area contributed by atoms with Gasteiger partial charge in [-0.3, -0.25) is 9.98 Å². The summed E-state index contributed by atoms with van der Waals surface area (Å²) in [4.78, 5) is 8.52. The van der Waals surface area contributed by atoms with E-state index in [1.165, 1.54) is 0 Å². The van der Waals surface area contributed by atoms with Crippen molar-refractivity contribution in [3.8, 4) is 5.75 Å². The van der Waals surface area contributed by atoms with Crippen molar-refractivity contribution in [1.29, 1.82) is 0 Å². The lowest BCUT2D eigenvalue weighted by Gasteiger charge is -2.13. The van der Waals surface area contributed by atoms with Gasteiger partial charge in [-0.25, -0.2) is 0 Å². The third-order valence-electron chi connectivity index (χ3n) is 3.63. The average Bonchev–Trinajstić information content (AvgIpc) is 2.62. The molecule has 1 aromatic heterocycles. The number of ether oxygens (including phenoxy) is 1. The average molecular weight is 361 g/mol. The number of hydrogen-bond donors (Lipinski definition) is 2. The molecule has 0 aliphatic heterocycles. The molecule has 1 aromatic carbocycles. The fourth-order valence-electron chi connectivity index (χ4n) is 2.31. The summed E-state index contributed by atoms with van der Waals surface area (Å²) in [6, 6.07) is 11.6. The van der Waals surface area contributed by atoms with Crippen LogP contribution in [0.4, 0.5) is 0 Å². The summed E-state index contributed by atoms with van der Waals surface area (Å²) >= 11 is 5.94. The summed E-state index contributed by atoms with van der Waals surface area (Å²) in [5.74, 6) is 1.67. The fraction of sp³-hybridized carbons (Fsp3) is 0.368. The Hall–Kier alpha value is -2.27. The first-order valence-corrected chi connectivity index (χ1v) is 8.80. The Bertz CT molecular complexity index is 676. The Morgan fingerprint density at radius 3 is 2.76 bits per heavy atom. The van der Waals surface area contributed by atoms with Crippen molar-refractivity contribution >= 4 is 17.6 Å². The summed E-state index contributed by atoms with van der Waals surface area (Å²) < 4.78 is 5.78. The van der Waals surface area contributed by atoms with Crippen LogP contribution in [0.1, 0.15) is 17.7 Å². The first-order valence-electron chi connectivity index (χ1n) is 8.42. The summed E-state index contributed by atoms with van der Waals surface area (Å²) in [6.07, 6.45) is 3.55. The SMILES string of the molecule is CN=C(NCCCOc1ccc(Cl)cc1C)NCCc1ccccn1. The Morgan fingerprint density at radius 2 is 2.04 bits per heavy atom. The molecule has 0 aliphatic rings. The molecule has 0 amide bonds. The van der Waals surface area contributed by atoms with Crippen molar-refractivity contribution in [2.45, 2.75) is 19.8 Å². The molecule has 6 heteroatoms. The zero-order valence-electron chi connectivity index (χ0n) is 14.8. The molecule has 134 valence electrons. The van der Waals surface area contributed by atoms with E-state index in [0.717, 1.165) is 53.9 Å². The van der Waals surface area contributed by atoms with Gasteiger partial charge in [0, 0.05) is 43.5 Å². The van der Waals surface area contributed by atoms with E-state index in [9.17, 15) is 0 Å². The van der Waals surface area contributed by atoms with Crippen LogP contribution in [0.5, 0.6) is 5.75 Å². The van der Waals surface area contributed by atoms with Crippen LogP contribution in [0, 0.1) is 6.92 Å². The van der Waals surface area contributed by atoms with Gasteiger partial charge in [-0.1, -0.05) is 17.7 Å². The summed E-state index contributed by atoms with van der Waals surface area (Å²) in [5.41, 5.74) is 2.12. The minimum atomic E-state index is 0.639. The highest BCUT2D eigenvalue weighted by atomic mass is 35.5. The van der Waals surface area contributed by atoms with Crippen LogP contribution in [-0.2, 0) is 6.42 Å². The molecule has 2 rings (SSSR count). The lowest BCUT2D eigenvalue weighted by atomic mass is 10.2. The molecule has 0 spiro atoms. The van der Waals surface area contributed by atoms with E-state index in [1.807, 2.05) is 49.5 Å². The van der Waals surface area contributed by atoms with Crippen LogP contribution in [-0.4, -0.2) is 37.7 Å². The van der Waals surface area contributed by atoms with Gasteiger partial charge in [0.1, 0.15) is 5.75 Å². The van der Waals surface area contributed by atoms with Gasteiger partial charge in [-0.2, -0.15) is 0 Å². The van der Waals surface area contributed by atoms with Crippen LogP contribution in [0.15, 0.2) is 47.6 Å². The highest BCUT2D eigenvalue weighted by molar-refractivity contribution is 6.30. The van der Waals surface area contributed by atoms with Gasteiger partial charge in [0.25, 0.3) is 0 Å². The van der Waals surface area contributed by atoms with E-state index in [1.54, 1.807) is 7.05 Å². The predicted octanol–water partition coefficient (Wildman–Crippen LogP) is 3.22. The maximum Gasteiger partial charge on any atom is 0.190 e. The van der Waals surface area contributed by atoms with E-state index in [0.29, 0.717) is 6.61 Å². The number of rotatable bonds is 8. The van der Waals surface area contributed by atoms with Gasteiger partial charge in [0.2, 0.25) is 0 Å². The second-order valence-corrected chi connectivity index (χ2v) is 6.05. The van der Waals surface area contributed by atoms with Crippen LogP contribution >= 0.6 is 11.6 Å². The topological polar surface area (TPSA) is 58.5 Å². The maximum atomic E-state index is 5.94. The highest BCUT2D eigenvalue weighted by Gasteiger charge is 2.01. The summed E-state index contributed by atoms with van der Waals surface area (Å²) in [7, 11) is 1.77. The molecular weight excluding hydrogens is 336 g/mol. The number of aliphatic imine (C=N–C) groups is 1. The molecule has 0 unspecified atom stereocenters. The molecule has 0 radical (unpaired) electrons. The summed E-state index contributed by atoms with van der Waals surface area (Å²) in [5, 5.41) is 7.30. The van der Waals surface area contributed by atoms with E-state index in [4.69, 9.17) is 16.3 Å². The minimum absolute atomic E-state index is 0.639. The van der Waals surface area contributed by atoms with Crippen LogP contribution < -0.4 is 15.4 Å². The standard InChI is InChI=1S/C19H25ClN4O/c1-15-14-16(20)7-8-18(15)25-13-5-11-23-19(21-2)24-12-9-17-6-3-4-10-22-17/h3-4,6-8,10,14H,5,9,11-13H2,1-2H3,(H2,21,23,24). The number of pyridine rings is 1. The number of guanidine groups is 1. The van der Waals surface area contributed by atoms with Crippen molar-refractivity contribution in [3.63, 3.8) is 0 Å². The highest BCUT2D eigenvalue weighted by Crippen LogP contribution is 2.21. The molecular formula is C19H25ClN4O. The van der Waals surface area contributed by atoms with Crippen LogP contribution in [0.2, 0.25) is 5.02 Å². The molecule has 0 bridgehead atoms. The first-order chi connectivity index (χ1) is 12.2. The van der Waals surface area contributed by atoms with E-state index >= 15 is 0 Å². The molecule has 0 saturated heterocycles. The van der Waals surface area contributed by atoms with E-state index in [-0.39, 0.29) is 0 Å². The molecule has 2 aromatic rings. The van der Waals surface area contributed by atoms with Crippen molar-refractivity contribution in [3.05, 3.63) is 58.9 Å². The molecule has 5 nitrogen and oxygen atoms in total. The Kier molecular flexibility index (Phi) is 8.05. The molecule has 0 aliphatic carbocycles. The van der Waals surface area contributed by atoms with Crippen LogP contribution in [0.25, 0.3) is 0 Å². The third kappa shape index (κ3) is 7.01. The lowest BCUT2D eigenvalue weighted by Crippen LogP contribution is -2.39. The van der Waals surface area contributed by atoms with Gasteiger partial charge in [-0.05, 0) is 49.2 Å². The minimum Gasteiger partial charge on any atom is -0.493 e. The predicted molar refractivity (Wildman–Crippen MR) is 104 cm³/mol. The number of nitrogens with one attached hydrogen (secondary N) is 2. The monoisotopic (exact) mass is 360 g/mol. The van der Waals surface area contributed by atoms with E-state index < -0.39 is 0 Å². The van der Waals surface area contributed by atoms with Gasteiger partial charge in [0.15, 0.2) is 5.96 Å². The van der Waals surface area contributed by atoms with Gasteiger partial charge >= 0.3 is 0 Å².